The Balaban J connectivity index is 2.36. The van der Waals surface area contributed by atoms with Gasteiger partial charge in [0.1, 0.15) is 0 Å². The monoisotopic (exact) mass is 248 g/mol. The molecule has 1 N–H and O–H groups in total. The molecule has 0 aromatic heterocycles. The summed E-state index contributed by atoms with van der Waals surface area (Å²) in [5, 5.41) is 12.9. The highest BCUT2D eigenvalue weighted by atomic mass is 32.2. The lowest BCUT2D eigenvalue weighted by Crippen LogP contribution is -2.21. The Hall–Kier alpha value is -0.980. The first-order valence-electron chi connectivity index (χ1n) is 5.98. The van der Waals surface area contributed by atoms with Crippen LogP contribution in [0.2, 0.25) is 0 Å². The second kappa shape index (κ2) is 7.37. The van der Waals surface area contributed by atoms with Crippen LogP contribution in [0.1, 0.15) is 37.9 Å². The zero-order chi connectivity index (χ0) is 12.7. The van der Waals surface area contributed by atoms with E-state index in [0.717, 1.165) is 17.9 Å². The summed E-state index contributed by atoms with van der Waals surface area (Å²) in [6.07, 6.45) is 0. The first kappa shape index (κ1) is 14.1. The standard InChI is InChI=1S/C14H20N2S/c1-11(2)17-9-8-16-12(3)14-6-4-13(10-15)5-7-14/h4-7,11-12,16H,8-9H2,1-3H3/t12-/m0/s1. The maximum absolute atomic E-state index is 8.72. The molecule has 1 atom stereocenters. The SMILES string of the molecule is CC(C)SCCN[C@@H](C)c1ccc(C#N)cc1. The zero-order valence-corrected chi connectivity index (χ0v) is 11.6. The highest BCUT2D eigenvalue weighted by molar-refractivity contribution is 7.99. The van der Waals surface area contributed by atoms with Crippen molar-refractivity contribution in [1.82, 2.24) is 5.32 Å². The van der Waals surface area contributed by atoms with E-state index in [4.69, 9.17) is 5.26 Å². The smallest absolute Gasteiger partial charge is 0.0991 e. The fraction of sp³-hybridized carbons (Fsp3) is 0.500. The molecule has 0 bridgehead atoms. The number of nitrogens with one attached hydrogen (secondary N) is 1. The molecule has 0 fully saturated rings. The molecule has 0 aliphatic carbocycles. The molecule has 0 radical (unpaired) electrons. The van der Waals surface area contributed by atoms with Crippen LogP contribution in [0.25, 0.3) is 0 Å². The minimum Gasteiger partial charge on any atom is -0.309 e. The van der Waals surface area contributed by atoms with Crippen LogP contribution in [-0.4, -0.2) is 17.5 Å². The van der Waals surface area contributed by atoms with Crippen molar-refractivity contribution < 1.29 is 0 Å². The second-order valence-corrected chi connectivity index (χ2v) is 6.01. The van der Waals surface area contributed by atoms with Crippen molar-refractivity contribution in [2.75, 3.05) is 12.3 Å². The predicted molar refractivity (Wildman–Crippen MR) is 75.2 cm³/mol. The molecular weight excluding hydrogens is 228 g/mol. The van der Waals surface area contributed by atoms with Crippen LogP contribution in [0.5, 0.6) is 0 Å². The molecule has 1 rings (SSSR count). The van der Waals surface area contributed by atoms with Gasteiger partial charge in [-0.2, -0.15) is 17.0 Å². The summed E-state index contributed by atoms with van der Waals surface area (Å²) in [6, 6.07) is 10.3. The Bertz CT molecular complexity index is 365. The molecule has 2 nitrogen and oxygen atoms in total. The summed E-state index contributed by atoms with van der Waals surface area (Å²) in [5.41, 5.74) is 1.95. The summed E-state index contributed by atoms with van der Waals surface area (Å²) >= 11 is 1.97. The first-order chi connectivity index (χ1) is 8.13. The van der Waals surface area contributed by atoms with E-state index >= 15 is 0 Å². The molecule has 0 saturated heterocycles. The van der Waals surface area contributed by atoms with Crippen molar-refractivity contribution in [3.05, 3.63) is 35.4 Å². The van der Waals surface area contributed by atoms with E-state index in [0.29, 0.717) is 11.3 Å². The highest BCUT2D eigenvalue weighted by Gasteiger charge is 2.04. The van der Waals surface area contributed by atoms with Gasteiger partial charge in [0, 0.05) is 18.3 Å². The van der Waals surface area contributed by atoms with Crippen molar-refractivity contribution >= 4 is 11.8 Å². The van der Waals surface area contributed by atoms with Gasteiger partial charge >= 0.3 is 0 Å². The Morgan fingerprint density at radius 3 is 2.41 bits per heavy atom. The molecule has 0 aliphatic heterocycles. The average molecular weight is 248 g/mol. The normalized spacial score (nSPS) is 12.4. The summed E-state index contributed by atoms with van der Waals surface area (Å²) < 4.78 is 0. The van der Waals surface area contributed by atoms with Crippen LogP contribution >= 0.6 is 11.8 Å². The topological polar surface area (TPSA) is 35.8 Å². The quantitative estimate of drug-likeness (QED) is 0.784. The number of nitriles is 1. The number of hydrogen-bond acceptors (Lipinski definition) is 3. The van der Waals surface area contributed by atoms with Crippen LogP contribution in [0.3, 0.4) is 0 Å². The third-order valence-corrected chi connectivity index (χ3v) is 3.65. The van der Waals surface area contributed by atoms with Gasteiger partial charge in [-0.3, -0.25) is 0 Å². The first-order valence-corrected chi connectivity index (χ1v) is 7.03. The number of rotatable bonds is 6. The molecule has 0 saturated carbocycles. The van der Waals surface area contributed by atoms with Crippen molar-refractivity contribution in [3.63, 3.8) is 0 Å². The Morgan fingerprint density at radius 2 is 1.88 bits per heavy atom. The average Bonchev–Trinajstić information content (AvgIpc) is 2.34. The second-order valence-electron chi connectivity index (χ2n) is 4.33. The van der Waals surface area contributed by atoms with E-state index < -0.39 is 0 Å². The molecular formula is C14H20N2S. The fourth-order valence-electron chi connectivity index (χ4n) is 1.53. The molecule has 0 aliphatic rings. The van der Waals surface area contributed by atoms with E-state index in [1.165, 1.54) is 5.56 Å². The zero-order valence-electron chi connectivity index (χ0n) is 10.7. The number of benzene rings is 1. The lowest BCUT2D eigenvalue weighted by Gasteiger charge is -2.14. The van der Waals surface area contributed by atoms with E-state index in [-0.39, 0.29) is 0 Å². The van der Waals surface area contributed by atoms with Crippen molar-refractivity contribution in [2.24, 2.45) is 0 Å². The number of nitrogens with zero attached hydrogens (tertiary/aromatic N) is 1. The molecule has 0 spiro atoms. The van der Waals surface area contributed by atoms with Crippen molar-refractivity contribution in [1.29, 1.82) is 5.26 Å². The molecule has 17 heavy (non-hydrogen) atoms. The largest absolute Gasteiger partial charge is 0.309 e. The molecule has 92 valence electrons. The van der Waals surface area contributed by atoms with Gasteiger partial charge in [-0.05, 0) is 29.9 Å². The molecule has 3 heteroatoms. The van der Waals surface area contributed by atoms with E-state index in [1.807, 2.05) is 36.0 Å². The van der Waals surface area contributed by atoms with Gasteiger partial charge in [0.05, 0.1) is 11.6 Å². The molecule has 0 heterocycles. The van der Waals surface area contributed by atoms with Gasteiger partial charge < -0.3 is 5.32 Å². The third kappa shape index (κ3) is 5.25. The lowest BCUT2D eigenvalue weighted by atomic mass is 10.1. The number of hydrogen-bond donors (Lipinski definition) is 1. The van der Waals surface area contributed by atoms with Crippen LogP contribution in [0.15, 0.2) is 24.3 Å². The minimum atomic E-state index is 0.343. The van der Waals surface area contributed by atoms with Gasteiger partial charge in [0.15, 0.2) is 0 Å². The maximum Gasteiger partial charge on any atom is 0.0991 e. The number of thioether (sulfide) groups is 1. The Kier molecular flexibility index (Phi) is 6.10. The van der Waals surface area contributed by atoms with Crippen molar-refractivity contribution in [3.8, 4) is 6.07 Å². The van der Waals surface area contributed by atoms with Crippen LogP contribution in [0.4, 0.5) is 0 Å². The minimum absolute atomic E-state index is 0.343. The molecule has 1 aromatic rings. The van der Waals surface area contributed by atoms with Crippen LogP contribution in [0, 0.1) is 11.3 Å². The summed E-state index contributed by atoms with van der Waals surface area (Å²) in [7, 11) is 0. The van der Waals surface area contributed by atoms with Crippen molar-refractivity contribution in [2.45, 2.75) is 32.1 Å². The molecule has 0 amide bonds. The van der Waals surface area contributed by atoms with E-state index in [1.54, 1.807) is 0 Å². The van der Waals surface area contributed by atoms with E-state index in [2.05, 4.69) is 32.2 Å². The summed E-state index contributed by atoms with van der Waals surface area (Å²) in [6.45, 7) is 7.61. The van der Waals surface area contributed by atoms with Gasteiger partial charge in [0.2, 0.25) is 0 Å². The van der Waals surface area contributed by atoms with Gasteiger partial charge in [0.25, 0.3) is 0 Å². The summed E-state index contributed by atoms with van der Waals surface area (Å²) in [5.74, 6) is 1.14. The predicted octanol–water partition coefficient (Wildman–Crippen LogP) is 3.35. The Labute approximate surface area is 108 Å². The van der Waals surface area contributed by atoms with Gasteiger partial charge in [-0.15, -0.1) is 0 Å². The molecule has 0 unspecified atom stereocenters. The summed E-state index contributed by atoms with van der Waals surface area (Å²) in [4.78, 5) is 0. The van der Waals surface area contributed by atoms with Crippen LogP contribution in [-0.2, 0) is 0 Å². The third-order valence-electron chi connectivity index (χ3n) is 2.54. The van der Waals surface area contributed by atoms with Gasteiger partial charge in [-0.25, -0.2) is 0 Å². The maximum atomic E-state index is 8.72. The fourth-order valence-corrected chi connectivity index (χ4v) is 2.24. The van der Waals surface area contributed by atoms with Crippen LogP contribution < -0.4 is 5.32 Å². The Morgan fingerprint density at radius 1 is 1.24 bits per heavy atom. The lowest BCUT2D eigenvalue weighted by molar-refractivity contribution is 0.601. The molecule has 1 aromatic carbocycles. The van der Waals surface area contributed by atoms with E-state index in [9.17, 15) is 0 Å². The highest BCUT2D eigenvalue weighted by Crippen LogP contribution is 2.13. The van der Waals surface area contributed by atoms with Gasteiger partial charge in [-0.1, -0.05) is 26.0 Å².